The summed E-state index contributed by atoms with van der Waals surface area (Å²) in [5.74, 6) is 0.293. The summed E-state index contributed by atoms with van der Waals surface area (Å²) in [4.78, 5) is 29.2. The van der Waals surface area contributed by atoms with Gasteiger partial charge in [0.25, 0.3) is 0 Å². The average molecular weight is 411 g/mol. The SMILES string of the molecule is C[C@H]1CN(C(=O)N2CCC(C(=O)NCc3ccc(F)cc3)CC2)c2ccccc2O1. The van der Waals surface area contributed by atoms with Crippen LogP contribution in [-0.2, 0) is 11.3 Å². The van der Waals surface area contributed by atoms with Crippen LogP contribution in [0.5, 0.6) is 5.75 Å². The van der Waals surface area contributed by atoms with Gasteiger partial charge in [-0.15, -0.1) is 0 Å². The fraction of sp³-hybridized carbons (Fsp3) is 0.391. The summed E-state index contributed by atoms with van der Waals surface area (Å²) in [5.41, 5.74) is 1.65. The number of hydrogen-bond donors (Lipinski definition) is 1. The van der Waals surface area contributed by atoms with Crippen molar-refractivity contribution >= 4 is 17.6 Å². The molecule has 0 saturated carbocycles. The number of halogens is 1. The van der Waals surface area contributed by atoms with Crippen molar-refractivity contribution in [1.82, 2.24) is 10.2 Å². The van der Waals surface area contributed by atoms with Gasteiger partial charge < -0.3 is 15.0 Å². The van der Waals surface area contributed by atoms with Crippen LogP contribution in [0.25, 0.3) is 0 Å². The number of hydrogen-bond acceptors (Lipinski definition) is 3. The minimum absolute atomic E-state index is 0.0169. The highest BCUT2D eigenvalue weighted by molar-refractivity contribution is 5.94. The highest BCUT2D eigenvalue weighted by Gasteiger charge is 2.33. The molecular weight excluding hydrogens is 385 g/mol. The van der Waals surface area contributed by atoms with Crippen LogP contribution in [-0.4, -0.2) is 42.6 Å². The first-order valence-corrected chi connectivity index (χ1v) is 10.4. The second-order valence-corrected chi connectivity index (χ2v) is 7.89. The van der Waals surface area contributed by atoms with E-state index in [0.29, 0.717) is 39.0 Å². The van der Waals surface area contributed by atoms with Crippen LogP contribution in [0.4, 0.5) is 14.9 Å². The molecule has 2 heterocycles. The molecule has 1 fully saturated rings. The number of carbonyl (C=O) groups is 2. The lowest BCUT2D eigenvalue weighted by Crippen LogP contribution is -2.52. The number of likely N-dealkylation sites (tertiary alicyclic amines) is 1. The molecule has 0 unspecified atom stereocenters. The van der Waals surface area contributed by atoms with Crippen LogP contribution < -0.4 is 15.0 Å². The largest absolute Gasteiger partial charge is 0.487 e. The lowest BCUT2D eigenvalue weighted by atomic mass is 9.96. The second-order valence-electron chi connectivity index (χ2n) is 7.89. The zero-order chi connectivity index (χ0) is 21.1. The maximum Gasteiger partial charge on any atom is 0.324 e. The van der Waals surface area contributed by atoms with Crippen LogP contribution in [0, 0.1) is 11.7 Å². The van der Waals surface area contributed by atoms with Crippen molar-refractivity contribution in [2.45, 2.75) is 32.4 Å². The summed E-state index contributed by atoms with van der Waals surface area (Å²) in [6.45, 7) is 3.92. The van der Waals surface area contributed by atoms with E-state index in [0.717, 1.165) is 17.0 Å². The van der Waals surface area contributed by atoms with E-state index in [1.54, 1.807) is 17.0 Å². The molecule has 0 bridgehead atoms. The van der Waals surface area contributed by atoms with E-state index in [-0.39, 0.29) is 29.8 Å². The van der Waals surface area contributed by atoms with Crippen molar-refractivity contribution in [2.75, 3.05) is 24.5 Å². The quantitative estimate of drug-likeness (QED) is 0.840. The summed E-state index contributed by atoms with van der Waals surface area (Å²) >= 11 is 0. The molecular formula is C23H26FN3O3. The number of carbonyl (C=O) groups excluding carboxylic acids is 2. The predicted molar refractivity (Wildman–Crippen MR) is 112 cm³/mol. The Morgan fingerprint density at radius 1 is 1.10 bits per heavy atom. The Bertz CT molecular complexity index is 910. The van der Waals surface area contributed by atoms with Crippen LogP contribution in [0.1, 0.15) is 25.3 Å². The molecule has 2 aliphatic rings. The number of fused-ring (bicyclic) bond motifs is 1. The van der Waals surface area contributed by atoms with Gasteiger partial charge in [0.15, 0.2) is 0 Å². The Hall–Kier alpha value is -3.09. The number of para-hydroxylation sites is 2. The van der Waals surface area contributed by atoms with Crippen molar-refractivity contribution in [1.29, 1.82) is 0 Å². The standard InChI is InChI=1S/C23H26FN3O3/c1-16-15-27(20-4-2-3-5-21(20)30-16)23(29)26-12-10-18(11-13-26)22(28)25-14-17-6-8-19(24)9-7-17/h2-9,16,18H,10-15H2,1H3,(H,25,28)/t16-/m0/s1. The fourth-order valence-corrected chi connectivity index (χ4v) is 4.01. The third kappa shape index (κ3) is 4.40. The highest BCUT2D eigenvalue weighted by atomic mass is 19.1. The lowest BCUT2D eigenvalue weighted by molar-refractivity contribution is -0.126. The van der Waals surface area contributed by atoms with Gasteiger partial charge in [-0.2, -0.15) is 0 Å². The van der Waals surface area contributed by atoms with E-state index in [1.807, 2.05) is 36.1 Å². The van der Waals surface area contributed by atoms with Gasteiger partial charge in [0, 0.05) is 25.6 Å². The minimum Gasteiger partial charge on any atom is -0.487 e. The molecule has 1 saturated heterocycles. The molecule has 1 atom stereocenters. The Labute approximate surface area is 175 Å². The Morgan fingerprint density at radius 2 is 1.80 bits per heavy atom. The number of nitrogens with one attached hydrogen (secondary N) is 1. The second kappa shape index (κ2) is 8.73. The number of nitrogens with zero attached hydrogens (tertiary/aromatic N) is 2. The van der Waals surface area contributed by atoms with Crippen LogP contribution in [0.2, 0.25) is 0 Å². The van der Waals surface area contributed by atoms with Gasteiger partial charge in [-0.05, 0) is 49.6 Å². The number of rotatable bonds is 3. The molecule has 0 radical (unpaired) electrons. The fourth-order valence-electron chi connectivity index (χ4n) is 4.01. The molecule has 158 valence electrons. The Morgan fingerprint density at radius 3 is 2.53 bits per heavy atom. The average Bonchev–Trinajstić information content (AvgIpc) is 2.77. The lowest BCUT2D eigenvalue weighted by Gasteiger charge is -2.39. The van der Waals surface area contributed by atoms with E-state index in [9.17, 15) is 14.0 Å². The van der Waals surface area contributed by atoms with Gasteiger partial charge in [0.05, 0.1) is 12.2 Å². The number of urea groups is 1. The molecule has 0 aromatic heterocycles. The smallest absolute Gasteiger partial charge is 0.324 e. The normalized spacial score (nSPS) is 19.1. The topological polar surface area (TPSA) is 61.9 Å². The Kier molecular flexibility index (Phi) is 5.88. The van der Waals surface area contributed by atoms with Gasteiger partial charge in [-0.1, -0.05) is 24.3 Å². The first kappa shape index (κ1) is 20.2. The summed E-state index contributed by atoms with van der Waals surface area (Å²) in [6.07, 6.45) is 1.18. The van der Waals surface area contributed by atoms with Gasteiger partial charge in [0.1, 0.15) is 17.7 Å². The molecule has 6 nitrogen and oxygen atoms in total. The summed E-state index contributed by atoms with van der Waals surface area (Å²) < 4.78 is 18.8. The zero-order valence-corrected chi connectivity index (χ0v) is 17.0. The number of amides is 3. The summed E-state index contributed by atoms with van der Waals surface area (Å²) in [5, 5.41) is 2.92. The van der Waals surface area contributed by atoms with E-state index in [4.69, 9.17) is 4.74 Å². The maximum atomic E-state index is 13.1. The molecule has 1 N–H and O–H groups in total. The van der Waals surface area contributed by atoms with E-state index in [1.165, 1.54) is 12.1 Å². The predicted octanol–water partition coefficient (Wildman–Crippen LogP) is 3.56. The number of benzene rings is 2. The van der Waals surface area contributed by atoms with Crippen LogP contribution in [0.15, 0.2) is 48.5 Å². The van der Waals surface area contributed by atoms with Gasteiger partial charge >= 0.3 is 6.03 Å². The van der Waals surface area contributed by atoms with E-state index in [2.05, 4.69) is 5.32 Å². The molecule has 3 amide bonds. The van der Waals surface area contributed by atoms with Crippen LogP contribution in [0.3, 0.4) is 0 Å². The number of ether oxygens (including phenoxy) is 1. The van der Waals surface area contributed by atoms with Crippen molar-refractivity contribution in [3.63, 3.8) is 0 Å². The number of piperidine rings is 1. The zero-order valence-electron chi connectivity index (χ0n) is 17.0. The number of anilines is 1. The van der Waals surface area contributed by atoms with Gasteiger partial charge in [-0.25, -0.2) is 9.18 Å². The summed E-state index contributed by atoms with van der Waals surface area (Å²) in [7, 11) is 0. The third-order valence-corrected chi connectivity index (χ3v) is 5.67. The van der Waals surface area contributed by atoms with Crippen molar-refractivity contribution < 1.29 is 18.7 Å². The van der Waals surface area contributed by atoms with Crippen LogP contribution >= 0.6 is 0 Å². The molecule has 2 aliphatic heterocycles. The highest BCUT2D eigenvalue weighted by Crippen LogP contribution is 2.34. The van der Waals surface area contributed by atoms with Gasteiger partial charge in [-0.3, -0.25) is 9.69 Å². The molecule has 0 aliphatic carbocycles. The van der Waals surface area contributed by atoms with Crippen molar-refractivity contribution in [2.24, 2.45) is 5.92 Å². The first-order valence-electron chi connectivity index (χ1n) is 10.4. The van der Waals surface area contributed by atoms with E-state index >= 15 is 0 Å². The van der Waals surface area contributed by atoms with Gasteiger partial charge in [0.2, 0.25) is 5.91 Å². The third-order valence-electron chi connectivity index (χ3n) is 5.67. The Balaban J connectivity index is 1.31. The first-order chi connectivity index (χ1) is 14.5. The molecule has 0 spiro atoms. The van der Waals surface area contributed by atoms with E-state index < -0.39 is 0 Å². The summed E-state index contributed by atoms with van der Waals surface area (Å²) in [6, 6.07) is 13.6. The molecule has 2 aromatic rings. The maximum absolute atomic E-state index is 13.1. The molecule has 7 heteroatoms. The van der Waals surface area contributed by atoms with Crippen molar-refractivity contribution in [3.05, 3.63) is 59.9 Å². The monoisotopic (exact) mass is 411 g/mol. The minimum atomic E-state index is -0.292. The molecule has 4 rings (SSSR count). The molecule has 2 aromatic carbocycles. The van der Waals surface area contributed by atoms with Crippen molar-refractivity contribution in [3.8, 4) is 5.75 Å². The molecule has 30 heavy (non-hydrogen) atoms.